The summed E-state index contributed by atoms with van der Waals surface area (Å²) in [5.41, 5.74) is 0. The molecule has 0 saturated heterocycles. The third-order valence-corrected chi connectivity index (χ3v) is 10.7. The molecule has 362 valence electrons. The average Bonchev–Trinajstić information content (AvgIpc) is 3.29. The lowest BCUT2D eigenvalue weighted by atomic mass is 10.0. The van der Waals surface area contributed by atoms with Crippen LogP contribution in [0, 0.1) is 0 Å². The summed E-state index contributed by atoms with van der Waals surface area (Å²) < 4.78 is 16.8. The van der Waals surface area contributed by atoms with Crippen LogP contribution in [0.4, 0.5) is 0 Å². The maximum Gasteiger partial charge on any atom is 0.306 e. The molecular formula is C58H94O6. The first-order valence-electron chi connectivity index (χ1n) is 26.0. The van der Waals surface area contributed by atoms with E-state index in [9.17, 15) is 14.4 Å². The van der Waals surface area contributed by atoms with Crippen LogP contribution in [0.5, 0.6) is 0 Å². The number of carbonyl (C=O) groups is 3. The van der Waals surface area contributed by atoms with Crippen molar-refractivity contribution in [3.63, 3.8) is 0 Å². The molecule has 1 unspecified atom stereocenters. The number of carbonyl (C=O) groups excluding carboxylic acids is 3. The van der Waals surface area contributed by atoms with E-state index in [1.165, 1.54) is 89.9 Å². The molecular weight excluding hydrogens is 793 g/mol. The zero-order chi connectivity index (χ0) is 46.5. The Hall–Kier alpha value is -3.93. The van der Waals surface area contributed by atoms with Crippen molar-refractivity contribution in [2.45, 2.75) is 226 Å². The maximum atomic E-state index is 12.8. The Bertz CT molecular complexity index is 1340. The summed E-state index contributed by atoms with van der Waals surface area (Å²) in [5, 5.41) is 0. The molecule has 0 amide bonds. The average molecular weight is 887 g/mol. The second-order valence-electron chi connectivity index (χ2n) is 16.9. The number of hydrogen-bond donors (Lipinski definition) is 0. The van der Waals surface area contributed by atoms with Crippen molar-refractivity contribution in [3.8, 4) is 0 Å². The van der Waals surface area contributed by atoms with Crippen LogP contribution in [-0.2, 0) is 28.6 Å². The second-order valence-corrected chi connectivity index (χ2v) is 16.9. The third-order valence-electron chi connectivity index (χ3n) is 10.7. The lowest BCUT2D eigenvalue weighted by Gasteiger charge is -2.18. The van der Waals surface area contributed by atoms with Gasteiger partial charge < -0.3 is 14.2 Å². The summed E-state index contributed by atoms with van der Waals surface area (Å²) in [4.78, 5) is 38.0. The zero-order valence-corrected chi connectivity index (χ0v) is 41.3. The monoisotopic (exact) mass is 887 g/mol. The maximum absolute atomic E-state index is 12.8. The van der Waals surface area contributed by atoms with Crippen LogP contribution in [0.3, 0.4) is 0 Å². The molecule has 6 heteroatoms. The highest BCUT2D eigenvalue weighted by molar-refractivity contribution is 5.71. The van der Waals surface area contributed by atoms with Crippen molar-refractivity contribution in [2.75, 3.05) is 13.2 Å². The molecule has 1 atom stereocenters. The highest BCUT2D eigenvalue weighted by Crippen LogP contribution is 2.15. The molecule has 0 fully saturated rings. The van der Waals surface area contributed by atoms with Gasteiger partial charge in [-0.3, -0.25) is 14.4 Å². The number of allylic oxidation sites excluding steroid dienone is 18. The van der Waals surface area contributed by atoms with E-state index in [0.29, 0.717) is 19.3 Å². The molecule has 0 aliphatic rings. The lowest BCUT2D eigenvalue weighted by Crippen LogP contribution is -2.30. The molecule has 6 nitrogen and oxygen atoms in total. The molecule has 0 spiro atoms. The first kappa shape index (κ1) is 60.1. The van der Waals surface area contributed by atoms with Crippen LogP contribution in [0.15, 0.2) is 109 Å². The van der Waals surface area contributed by atoms with E-state index < -0.39 is 6.10 Å². The Morgan fingerprint density at radius 1 is 0.344 bits per heavy atom. The fraction of sp³-hybridized carbons (Fsp3) is 0.638. The molecule has 0 aliphatic carbocycles. The SMILES string of the molecule is CC\C=C/C=C\C=C/C=C\C=C\C=C/C=C\CCCCCC(=O)OCC(COC(=O)CCCCCCCCCCCCCCC)OC(=O)CCCCCCCCC/C=C\C/C=C\CC. The van der Waals surface area contributed by atoms with Crippen LogP contribution < -0.4 is 0 Å². The minimum absolute atomic E-state index is 0.0964. The van der Waals surface area contributed by atoms with Crippen molar-refractivity contribution < 1.29 is 28.6 Å². The van der Waals surface area contributed by atoms with E-state index in [0.717, 1.165) is 89.9 Å². The van der Waals surface area contributed by atoms with E-state index in [2.05, 4.69) is 57.2 Å². The van der Waals surface area contributed by atoms with Gasteiger partial charge in [-0.2, -0.15) is 0 Å². The summed E-state index contributed by atoms with van der Waals surface area (Å²) in [6.07, 6.45) is 69.2. The number of unbranched alkanes of at least 4 members (excludes halogenated alkanes) is 22. The fourth-order valence-electron chi connectivity index (χ4n) is 6.87. The number of esters is 3. The van der Waals surface area contributed by atoms with Gasteiger partial charge in [0.1, 0.15) is 13.2 Å². The highest BCUT2D eigenvalue weighted by atomic mass is 16.6. The molecule has 0 N–H and O–H groups in total. The summed E-state index contributed by atoms with van der Waals surface area (Å²) in [5.74, 6) is -0.955. The molecule has 0 aromatic rings. The minimum atomic E-state index is -0.801. The van der Waals surface area contributed by atoms with Gasteiger partial charge in [0, 0.05) is 19.3 Å². The Balaban J connectivity index is 4.50. The number of rotatable bonds is 45. The van der Waals surface area contributed by atoms with Crippen molar-refractivity contribution in [2.24, 2.45) is 0 Å². The van der Waals surface area contributed by atoms with Crippen LogP contribution in [-0.4, -0.2) is 37.2 Å². The number of hydrogen-bond acceptors (Lipinski definition) is 6. The van der Waals surface area contributed by atoms with Crippen LogP contribution in [0.25, 0.3) is 0 Å². The zero-order valence-electron chi connectivity index (χ0n) is 41.3. The Morgan fingerprint density at radius 3 is 1.14 bits per heavy atom. The van der Waals surface area contributed by atoms with Crippen molar-refractivity contribution >= 4 is 17.9 Å². The molecule has 0 aromatic carbocycles. The topological polar surface area (TPSA) is 78.9 Å². The Kier molecular flexibility index (Phi) is 48.5. The Labute approximate surface area is 393 Å². The van der Waals surface area contributed by atoms with Gasteiger partial charge in [-0.1, -0.05) is 246 Å². The predicted octanol–water partition coefficient (Wildman–Crippen LogP) is 17.1. The normalized spacial score (nSPS) is 13.0. The second kappa shape index (κ2) is 51.7. The van der Waals surface area contributed by atoms with E-state index in [-0.39, 0.29) is 31.1 Å². The lowest BCUT2D eigenvalue weighted by molar-refractivity contribution is -0.167. The van der Waals surface area contributed by atoms with Gasteiger partial charge in [0.2, 0.25) is 0 Å². The van der Waals surface area contributed by atoms with E-state index in [1.54, 1.807) is 0 Å². The van der Waals surface area contributed by atoms with E-state index in [4.69, 9.17) is 14.2 Å². The van der Waals surface area contributed by atoms with E-state index >= 15 is 0 Å². The van der Waals surface area contributed by atoms with Gasteiger partial charge in [-0.15, -0.1) is 0 Å². The molecule has 0 radical (unpaired) electrons. The largest absolute Gasteiger partial charge is 0.462 e. The molecule has 0 bridgehead atoms. The van der Waals surface area contributed by atoms with Gasteiger partial charge in [0.05, 0.1) is 0 Å². The standard InChI is InChI=1S/C58H94O6/c1-4-7-10-13-16-19-22-25-27-28-29-30-31-34-36-39-42-45-48-51-57(60)63-54-55(53-62-56(59)50-47-44-41-38-35-32-24-21-18-15-12-9-6-3)64-58(61)52-49-46-43-40-37-33-26-23-20-17-14-11-8-5-2/h7-8,10-11,13,16-17,19-20,22,25,27-31,34,36,55H,4-6,9,12,14-15,18,21,23-24,26,32-33,35,37-54H2,1-3H3/b10-7-,11-8-,16-13-,20-17-,22-19-,27-25-,29-28+,31-30-,36-34-. The summed E-state index contributed by atoms with van der Waals surface area (Å²) in [6, 6.07) is 0. The highest BCUT2D eigenvalue weighted by Gasteiger charge is 2.19. The van der Waals surface area contributed by atoms with Crippen molar-refractivity contribution in [1.29, 1.82) is 0 Å². The summed E-state index contributed by atoms with van der Waals surface area (Å²) in [7, 11) is 0. The van der Waals surface area contributed by atoms with E-state index in [1.807, 2.05) is 72.9 Å². The minimum Gasteiger partial charge on any atom is -0.462 e. The molecule has 0 aromatic heterocycles. The summed E-state index contributed by atoms with van der Waals surface area (Å²) >= 11 is 0. The molecule has 64 heavy (non-hydrogen) atoms. The number of ether oxygens (including phenoxy) is 3. The molecule has 0 rings (SSSR count). The fourth-order valence-corrected chi connectivity index (χ4v) is 6.87. The van der Waals surface area contributed by atoms with Gasteiger partial charge in [-0.25, -0.2) is 0 Å². The predicted molar refractivity (Wildman–Crippen MR) is 274 cm³/mol. The van der Waals surface area contributed by atoms with Crippen LogP contribution in [0.1, 0.15) is 220 Å². The first-order chi connectivity index (χ1) is 31.5. The molecule has 0 aliphatic heterocycles. The smallest absolute Gasteiger partial charge is 0.306 e. The quantitative estimate of drug-likeness (QED) is 0.0199. The van der Waals surface area contributed by atoms with Crippen LogP contribution in [0.2, 0.25) is 0 Å². The van der Waals surface area contributed by atoms with Crippen molar-refractivity contribution in [1.82, 2.24) is 0 Å². The Morgan fingerprint density at radius 2 is 0.688 bits per heavy atom. The van der Waals surface area contributed by atoms with Gasteiger partial charge in [0.25, 0.3) is 0 Å². The molecule has 0 saturated carbocycles. The van der Waals surface area contributed by atoms with Crippen molar-refractivity contribution in [3.05, 3.63) is 109 Å². The molecule has 0 heterocycles. The van der Waals surface area contributed by atoms with Crippen LogP contribution >= 0.6 is 0 Å². The van der Waals surface area contributed by atoms with Gasteiger partial charge >= 0.3 is 17.9 Å². The third kappa shape index (κ3) is 49.1. The first-order valence-corrected chi connectivity index (χ1v) is 26.0. The van der Waals surface area contributed by atoms with Gasteiger partial charge in [0.15, 0.2) is 6.10 Å². The van der Waals surface area contributed by atoms with Gasteiger partial charge in [-0.05, 0) is 64.2 Å². The summed E-state index contributed by atoms with van der Waals surface area (Å²) in [6.45, 7) is 6.33.